The Bertz CT molecular complexity index is 923. The van der Waals surface area contributed by atoms with E-state index in [9.17, 15) is 14.7 Å². The summed E-state index contributed by atoms with van der Waals surface area (Å²) in [6.45, 7) is 4.16. The molecule has 2 heterocycles. The first-order valence-corrected chi connectivity index (χ1v) is 7.29. The van der Waals surface area contributed by atoms with E-state index in [1.54, 1.807) is 22.7 Å². The van der Waals surface area contributed by atoms with Crippen LogP contribution < -0.4 is 5.56 Å². The minimum absolute atomic E-state index is 0.184. The van der Waals surface area contributed by atoms with Gasteiger partial charge >= 0.3 is 5.97 Å². The van der Waals surface area contributed by atoms with Crippen LogP contribution in [0.2, 0.25) is 0 Å². The smallest absolute Gasteiger partial charge is 0.335 e. The van der Waals surface area contributed by atoms with Crippen molar-refractivity contribution in [1.29, 1.82) is 0 Å². The zero-order valence-corrected chi connectivity index (χ0v) is 12.5. The summed E-state index contributed by atoms with van der Waals surface area (Å²) in [5.41, 5.74) is 1.66. The van der Waals surface area contributed by atoms with E-state index in [1.807, 2.05) is 0 Å². The molecule has 0 bridgehead atoms. The van der Waals surface area contributed by atoms with Crippen LogP contribution in [0.4, 0.5) is 0 Å². The van der Waals surface area contributed by atoms with E-state index >= 15 is 0 Å². The lowest BCUT2D eigenvalue weighted by Crippen LogP contribution is -2.12. The highest BCUT2D eigenvalue weighted by Crippen LogP contribution is 2.23. The summed E-state index contributed by atoms with van der Waals surface area (Å²) in [5.74, 6) is -0.0222. The van der Waals surface area contributed by atoms with Gasteiger partial charge in [0.15, 0.2) is 0 Å². The molecule has 0 spiro atoms. The summed E-state index contributed by atoms with van der Waals surface area (Å²) in [7, 11) is 0. The topological polar surface area (TPSA) is 87.5 Å². The Morgan fingerprint density at radius 2 is 2.18 bits per heavy atom. The van der Waals surface area contributed by atoms with Gasteiger partial charge in [0.05, 0.1) is 22.8 Å². The number of hydrogen-bond acceptors (Lipinski definition) is 3. The van der Waals surface area contributed by atoms with E-state index in [4.69, 9.17) is 0 Å². The second-order valence-corrected chi connectivity index (χ2v) is 5.52. The fraction of sp³-hybridized carbons (Fsp3) is 0.312. The standard InChI is InChI=1S/C16H17N3O3/c1-3-4-9(2)14-17-8-13-15(20)18-11-6-5-10(16(21)22)7-12(11)19(13)14/h5-9H,3-4H2,1-2H3,(H,18,20)(H,21,22). The SMILES string of the molecule is CCCC(C)c1ncc2c(=O)[nH]c3ccc(C(=O)O)cc3n12. The molecule has 2 N–H and O–H groups in total. The monoisotopic (exact) mass is 299 g/mol. The minimum atomic E-state index is -0.996. The number of carbonyl (C=O) groups is 1. The summed E-state index contributed by atoms with van der Waals surface area (Å²) in [4.78, 5) is 30.6. The third-order valence-corrected chi connectivity index (χ3v) is 3.92. The molecule has 0 radical (unpaired) electrons. The lowest BCUT2D eigenvalue weighted by Gasteiger charge is -2.11. The molecule has 22 heavy (non-hydrogen) atoms. The molecule has 0 aliphatic carbocycles. The number of rotatable bonds is 4. The number of benzene rings is 1. The van der Waals surface area contributed by atoms with Crippen molar-refractivity contribution < 1.29 is 9.90 Å². The third kappa shape index (κ3) is 2.16. The molecule has 0 saturated heterocycles. The predicted molar refractivity (Wildman–Crippen MR) is 83.6 cm³/mol. The highest BCUT2D eigenvalue weighted by atomic mass is 16.4. The number of hydrogen-bond donors (Lipinski definition) is 2. The molecule has 1 atom stereocenters. The molecule has 2 aromatic heterocycles. The average Bonchev–Trinajstić information content (AvgIpc) is 2.93. The van der Waals surface area contributed by atoms with E-state index < -0.39 is 5.97 Å². The van der Waals surface area contributed by atoms with E-state index in [0.29, 0.717) is 16.6 Å². The Labute approximate surface area is 126 Å². The summed E-state index contributed by atoms with van der Waals surface area (Å²) in [5, 5.41) is 9.19. The molecule has 1 unspecified atom stereocenters. The van der Waals surface area contributed by atoms with Gasteiger partial charge in [0, 0.05) is 5.92 Å². The molecule has 0 aliphatic rings. The predicted octanol–water partition coefficient (Wildman–Crippen LogP) is 2.78. The maximum atomic E-state index is 12.2. The van der Waals surface area contributed by atoms with Crippen LogP contribution >= 0.6 is 0 Å². The molecular weight excluding hydrogens is 282 g/mol. The number of fused-ring (bicyclic) bond motifs is 3. The molecule has 0 saturated carbocycles. The highest BCUT2D eigenvalue weighted by Gasteiger charge is 2.16. The quantitative estimate of drug-likeness (QED) is 0.775. The van der Waals surface area contributed by atoms with Crippen molar-refractivity contribution in [2.45, 2.75) is 32.6 Å². The van der Waals surface area contributed by atoms with Gasteiger partial charge in [0.1, 0.15) is 11.3 Å². The molecule has 6 nitrogen and oxygen atoms in total. The number of aromatic nitrogens is 3. The molecule has 3 aromatic rings. The van der Waals surface area contributed by atoms with Gasteiger partial charge in [-0.3, -0.25) is 9.20 Å². The number of nitrogens with one attached hydrogen (secondary N) is 1. The van der Waals surface area contributed by atoms with Crippen molar-refractivity contribution in [3.05, 3.63) is 46.1 Å². The van der Waals surface area contributed by atoms with E-state index in [1.165, 1.54) is 6.07 Å². The maximum absolute atomic E-state index is 12.2. The highest BCUT2D eigenvalue weighted by molar-refractivity contribution is 5.92. The number of imidazole rings is 1. The van der Waals surface area contributed by atoms with Crippen LogP contribution in [-0.4, -0.2) is 25.4 Å². The van der Waals surface area contributed by atoms with Gasteiger partial charge in [0.25, 0.3) is 5.56 Å². The molecule has 0 amide bonds. The molecular formula is C16H17N3O3. The van der Waals surface area contributed by atoms with Crippen LogP contribution in [0.5, 0.6) is 0 Å². The van der Waals surface area contributed by atoms with Crippen LogP contribution in [0.3, 0.4) is 0 Å². The second-order valence-electron chi connectivity index (χ2n) is 5.52. The number of H-pyrrole nitrogens is 1. The van der Waals surface area contributed by atoms with Crippen LogP contribution in [0.1, 0.15) is 48.8 Å². The number of carboxylic acid groups (broad SMARTS) is 1. The fourth-order valence-corrected chi connectivity index (χ4v) is 2.83. The molecule has 0 fully saturated rings. The van der Waals surface area contributed by atoms with Crippen LogP contribution in [0.15, 0.2) is 29.2 Å². The van der Waals surface area contributed by atoms with Gasteiger partial charge in [-0.05, 0) is 24.6 Å². The Hall–Kier alpha value is -2.63. The average molecular weight is 299 g/mol. The molecule has 0 aliphatic heterocycles. The van der Waals surface area contributed by atoms with Gasteiger partial charge in [-0.15, -0.1) is 0 Å². The second kappa shape index (κ2) is 5.29. The van der Waals surface area contributed by atoms with Crippen molar-refractivity contribution >= 4 is 22.5 Å². The van der Waals surface area contributed by atoms with Crippen molar-refractivity contribution in [3.63, 3.8) is 0 Å². The van der Waals surface area contributed by atoms with Gasteiger partial charge in [-0.2, -0.15) is 0 Å². The van der Waals surface area contributed by atoms with Gasteiger partial charge in [-0.25, -0.2) is 9.78 Å². The number of carboxylic acids is 1. The van der Waals surface area contributed by atoms with Crippen LogP contribution in [-0.2, 0) is 0 Å². The molecule has 1 aromatic carbocycles. The normalized spacial score (nSPS) is 12.8. The number of aromatic amines is 1. The van der Waals surface area contributed by atoms with Crippen molar-refractivity contribution in [2.75, 3.05) is 0 Å². The van der Waals surface area contributed by atoms with Crippen molar-refractivity contribution in [2.24, 2.45) is 0 Å². The van der Waals surface area contributed by atoms with Crippen LogP contribution in [0, 0.1) is 0 Å². The first-order chi connectivity index (χ1) is 10.5. The molecule has 6 heteroatoms. The Kier molecular flexibility index (Phi) is 3.44. The van der Waals surface area contributed by atoms with Crippen molar-refractivity contribution in [3.8, 4) is 0 Å². The van der Waals surface area contributed by atoms with E-state index in [-0.39, 0.29) is 17.0 Å². The molecule has 3 rings (SSSR count). The largest absolute Gasteiger partial charge is 0.478 e. The Morgan fingerprint density at radius 3 is 2.86 bits per heavy atom. The Morgan fingerprint density at radius 1 is 1.41 bits per heavy atom. The Balaban J connectivity index is 2.40. The van der Waals surface area contributed by atoms with Gasteiger partial charge < -0.3 is 10.1 Å². The van der Waals surface area contributed by atoms with Gasteiger partial charge in [0.2, 0.25) is 0 Å². The third-order valence-electron chi connectivity index (χ3n) is 3.92. The van der Waals surface area contributed by atoms with Gasteiger partial charge in [-0.1, -0.05) is 20.3 Å². The summed E-state index contributed by atoms with van der Waals surface area (Å²) in [6, 6.07) is 4.68. The maximum Gasteiger partial charge on any atom is 0.335 e. The van der Waals surface area contributed by atoms with Crippen molar-refractivity contribution in [1.82, 2.24) is 14.4 Å². The minimum Gasteiger partial charge on any atom is -0.478 e. The summed E-state index contributed by atoms with van der Waals surface area (Å²) >= 11 is 0. The molecule has 114 valence electrons. The summed E-state index contributed by atoms with van der Waals surface area (Å²) in [6.07, 6.45) is 3.51. The number of aromatic carboxylic acids is 1. The van der Waals surface area contributed by atoms with Crippen LogP contribution in [0.25, 0.3) is 16.6 Å². The number of nitrogens with zero attached hydrogens (tertiary/aromatic N) is 2. The first kappa shape index (κ1) is 14.3. The van der Waals surface area contributed by atoms with E-state index in [2.05, 4.69) is 23.8 Å². The summed E-state index contributed by atoms with van der Waals surface area (Å²) < 4.78 is 1.78. The zero-order valence-electron chi connectivity index (χ0n) is 12.5. The lowest BCUT2D eigenvalue weighted by atomic mass is 10.1. The fourth-order valence-electron chi connectivity index (χ4n) is 2.83. The zero-order chi connectivity index (χ0) is 15.9. The lowest BCUT2D eigenvalue weighted by molar-refractivity contribution is 0.0697. The first-order valence-electron chi connectivity index (χ1n) is 7.29. The van der Waals surface area contributed by atoms with E-state index in [0.717, 1.165) is 18.7 Å².